The molecule has 1 amide bonds. The molecular formula is C20H26BrN4O7P. The van der Waals surface area contributed by atoms with Gasteiger partial charge in [0, 0.05) is 6.07 Å². The second-order valence-corrected chi connectivity index (χ2v) is 9.53. The van der Waals surface area contributed by atoms with E-state index in [9.17, 15) is 19.5 Å². The molecule has 0 radical (unpaired) electrons. The first-order valence-corrected chi connectivity index (χ1v) is 12.7. The number of nitrogens with two attached hydrogens (primary N) is 1. The summed E-state index contributed by atoms with van der Waals surface area (Å²) in [5, 5.41) is 11.6. The van der Waals surface area contributed by atoms with E-state index in [1.165, 1.54) is 6.07 Å². The molecule has 0 saturated heterocycles. The summed E-state index contributed by atoms with van der Waals surface area (Å²) in [4.78, 5) is 28.6. The molecule has 1 aromatic carbocycles. The number of carbonyl (C=O) groups excluding carboxylic acids is 1. The Bertz CT molecular complexity index is 1030. The molecule has 2 rings (SSSR count). The molecule has 11 nitrogen and oxygen atoms in total. The predicted octanol–water partition coefficient (Wildman–Crippen LogP) is 5.26. The van der Waals surface area contributed by atoms with Crippen molar-refractivity contribution in [2.24, 2.45) is 0 Å². The number of nitrogen functional groups attached to an aromatic ring is 1. The van der Waals surface area contributed by atoms with Crippen LogP contribution >= 0.6 is 23.5 Å². The van der Waals surface area contributed by atoms with Crippen LogP contribution in [0, 0.1) is 10.1 Å². The van der Waals surface area contributed by atoms with Crippen LogP contribution in [0.25, 0.3) is 0 Å². The Balaban J connectivity index is 2.37. The maximum atomic E-state index is 12.8. The standard InChI is InChI=1S/C20H26BrN4O7P/c1-4-30-20(26)24(16-11-17(21)23-19(22)18(16)25(27)28)12-14-7-9-15(10-8-14)13-33(29,31-5-2)32-6-3/h7-11H,4-6,12-13H2,1-3H3,(H2,22,23). The van der Waals surface area contributed by atoms with Crippen LogP contribution in [-0.4, -0.2) is 35.8 Å². The lowest BCUT2D eigenvalue weighted by atomic mass is 10.1. The van der Waals surface area contributed by atoms with Gasteiger partial charge in [-0.05, 0) is 47.8 Å². The molecule has 0 aliphatic rings. The van der Waals surface area contributed by atoms with E-state index in [0.29, 0.717) is 11.1 Å². The summed E-state index contributed by atoms with van der Waals surface area (Å²) in [7, 11) is -3.27. The van der Waals surface area contributed by atoms with Crippen molar-refractivity contribution >= 4 is 46.8 Å². The van der Waals surface area contributed by atoms with E-state index in [2.05, 4.69) is 20.9 Å². The first-order valence-electron chi connectivity index (χ1n) is 10.1. The molecule has 2 aromatic rings. The molecule has 0 aliphatic heterocycles. The molecule has 0 fully saturated rings. The van der Waals surface area contributed by atoms with Gasteiger partial charge in [-0.3, -0.25) is 19.6 Å². The Morgan fingerprint density at radius 1 is 1.15 bits per heavy atom. The molecule has 13 heteroatoms. The Morgan fingerprint density at radius 2 is 1.73 bits per heavy atom. The van der Waals surface area contributed by atoms with Gasteiger partial charge in [-0.1, -0.05) is 24.3 Å². The summed E-state index contributed by atoms with van der Waals surface area (Å²) < 4.78 is 28.7. The number of hydrogen-bond acceptors (Lipinski definition) is 9. The smallest absolute Gasteiger partial charge is 0.414 e. The molecule has 180 valence electrons. The zero-order valence-electron chi connectivity index (χ0n) is 18.5. The minimum atomic E-state index is -3.27. The van der Waals surface area contributed by atoms with E-state index < -0.39 is 24.3 Å². The van der Waals surface area contributed by atoms with Crippen molar-refractivity contribution in [2.45, 2.75) is 33.5 Å². The van der Waals surface area contributed by atoms with E-state index in [-0.39, 0.29) is 48.6 Å². The average molecular weight is 545 g/mol. The molecule has 0 aliphatic carbocycles. The van der Waals surface area contributed by atoms with Gasteiger partial charge in [0.25, 0.3) is 0 Å². The summed E-state index contributed by atoms with van der Waals surface area (Å²) in [6, 6.07) is 8.23. The SMILES string of the molecule is CCOC(=O)N(Cc1ccc(CP(=O)(OCC)OCC)cc1)c1cc(Br)nc(N)c1[N+](=O)[O-]. The number of carbonyl (C=O) groups is 1. The van der Waals surface area contributed by atoms with Crippen LogP contribution in [0.1, 0.15) is 31.9 Å². The fourth-order valence-electron chi connectivity index (χ4n) is 3.03. The Hall–Kier alpha value is -2.53. The molecule has 0 bridgehead atoms. The zero-order chi connectivity index (χ0) is 24.6. The average Bonchev–Trinajstić information content (AvgIpc) is 2.72. The van der Waals surface area contributed by atoms with Gasteiger partial charge >= 0.3 is 19.4 Å². The highest BCUT2D eigenvalue weighted by molar-refractivity contribution is 9.10. The monoisotopic (exact) mass is 544 g/mol. The van der Waals surface area contributed by atoms with Crippen LogP contribution in [0.15, 0.2) is 34.9 Å². The number of pyridine rings is 1. The van der Waals surface area contributed by atoms with E-state index in [0.717, 1.165) is 4.90 Å². The van der Waals surface area contributed by atoms with Crippen LogP contribution in [0.5, 0.6) is 0 Å². The van der Waals surface area contributed by atoms with Gasteiger partial charge in [0.2, 0.25) is 5.82 Å². The molecule has 2 N–H and O–H groups in total. The van der Waals surface area contributed by atoms with Gasteiger partial charge in [-0.2, -0.15) is 0 Å². The quantitative estimate of drug-likeness (QED) is 0.173. The summed E-state index contributed by atoms with van der Waals surface area (Å²) in [5.74, 6) is -0.336. The summed E-state index contributed by atoms with van der Waals surface area (Å²) in [6.07, 6.45) is -0.685. The van der Waals surface area contributed by atoms with Gasteiger partial charge in [0.05, 0.1) is 37.5 Å². The molecule has 33 heavy (non-hydrogen) atoms. The van der Waals surface area contributed by atoms with E-state index in [4.69, 9.17) is 19.5 Å². The van der Waals surface area contributed by atoms with Gasteiger partial charge in [0.15, 0.2) is 0 Å². The zero-order valence-corrected chi connectivity index (χ0v) is 21.0. The summed E-state index contributed by atoms with van der Waals surface area (Å²) in [5.41, 5.74) is 6.55. The number of ether oxygens (including phenoxy) is 1. The molecule has 0 spiro atoms. The third-order valence-corrected chi connectivity index (χ3v) is 6.78. The molecule has 0 saturated carbocycles. The number of nitrogens with zero attached hydrogens (tertiary/aromatic N) is 3. The van der Waals surface area contributed by atoms with Gasteiger partial charge < -0.3 is 19.5 Å². The van der Waals surface area contributed by atoms with Crippen LogP contribution < -0.4 is 10.6 Å². The molecular weight excluding hydrogens is 519 g/mol. The van der Waals surface area contributed by atoms with Gasteiger partial charge in [-0.15, -0.1) is 0 Å². The number of aromatic nitrogens is 1. The lowest BCUT2D eigenvalue weighted by molar-refractivity contribution is -0.383. The number of amides is 1. The Kier molecular flexibility index (Phi) is 9.78. The lowest BCUT2D eigenvalue weighted by Gasteiger charge is -2.22. The largest absolute Gasteiger partial charge is 0.449 e. The minimum Gasteiger partial charge on any atom is -0.449 e. The van der Waals surface area contributed by atoms with Crippen LogP contribution in [0.4, 0.5) is 22.0 Å². The van der Waals surface area contributed by atoms with Crippen molar-refractivity contribution in [3.63, 3.8) is 0 Å². The Labute approximate surface area is 200 Å². The van der Waals surface area contributed by atoms with Crippen molar-refractivity contribution in [2.75, 3.05) is 30.5 Å². The fraction of sp³-hybridized carbons (Fsp3) is 0.400. The van der Waals surface area contributed by atoms with Crippen molar-refractivity contribution in [3.8, 4) is 0 Å². The van der Waals surface area contributed by atoms with Crippen molar-refractivity contribution in [3.05, 3.63) is 56.2 Å². The highest BCUT2D eigenvalue weighted by Crippen LogP contribution is 2.51. The van der Waals surface area contributed by atoms with Crippen LogP contribution in [0.2, 0.25) is 0 Å². The normalized spacial score (nSPS) is 11.3. The Morgan fingerprint density at radius 3 is 2.24 bits per heavy atom. The number of anilines is 2. The number of nitro groups is 1. The maximum absolute atomic E-state index is 12.8. The van der Waals surface area contributed by atoms with E-state index >= 15 is 0 Å². The first kappa shape index (κ1) is 26.7. The molecule has 0 atom stereocenters. The fourth-order valence-corrected chi connectivity index (χ4v) is 5.14. The predicted molar refractivity (Wildman–Crippen MR) is 127 cm³/mol. The number of benzene rings is 1. The molecule has 0 unspecified atom stereocenters. The third kappa shape index (κ3) is 7.23. The van der Waals surface area contributed by atoms with Crippen molar-refractivity contribution in [1.29, 1.82) is 0 Å². The third-order valence-electron chi connectivity index (χ3n) is 4.32. The molecule has 1 aromatic heterocycles. The van der Waals surface area contributed by atoms with E-state index in [1.54, 1.807) is 45.0 Å². The van der Waals surface area contributed by atoms with E-state index in [1.807, 2.05) is 0 Å². The number of halogens is 1. The maximum Gasteiger partial charge on any atom is 0.414 e. The highest BCUT2D eigenvalue weighted by Gasteiger charge is 2.30. The number of rotatable bonds is 11. The second kappa shape index (κ2) is 12.1. The lowest BCUT2D eigenvalue weighted by Crippen LogP contribution is -2.32. The van der Waals surface area contributed by atoms with Gasteiger partial charge in [-0.25, -0.2) is 9.78 Å². The van der Waals surface area contributed by atoms with Crippen LogP contribution in [0.3, 0.4) is 0 Å². The van der Waals surface area contributed by atoms with Crippen LogP contribution in [-0.2, 0) is 31.1 Å². The van der Waals surface area contributed by atoms with Crippen molar-refractivity contribution < 1.29 is 28.1 Å². The second-order valence-electron chi connectivity index (χ2n) is 6.66. The first-order chi connectivity index (χ1) is 15.6. The number of hydrogen-bond donors (Lipinski definition) is 1. The topological polar surface area (TPSA) is 147 Å². The van der Waals surface area contributed by atoms with Crippen molar-refractivity contribution in [1.82, 2.24) is 4.98 Å². The summed E-state index contributed by atoms with van der Waals surface area (Å²) >= 11 is 3.16. The minimum absolute atomic E-state index is 0.0373. The summed E-state index contributed by atoms with van der Waals surface area (Å²) in [6.45, 7) is 5.66. The van der Waals surface area contributed by atoms with Gasteiger partial charge in [0.1, 0.15) is 10.3 Å². The highest BCUT2D eigenvalue weighted by atomic mass is 79.9. The molecule has 1 heterocycles.